The number of hydrogen-bond acceptors (Lipinski definition) is 3. The van der Waals surface area contributed by atoms with Gasteiger partial charge >= 0.3 is 0 Å². The number of fused-ring (bicyclic) bond motifs is 3. The van der Waals surface area contributed by atoms with E-state index in [-0.39, 0.29) is 0 Å². The molecule has 3 nitrogen and oxygen atoms in total. The van der Waals surface area contributed by atoms with Crippen LogP contribution in [0, 0.1) is 5.41 Å². The van der Waals surface area contributed by atoms with Crippen molar-refractivity contribution in [2.45, 2.75) is 6.61 Å². The zero-order chi connectivity index (χ0) is 8.10. The average Bonchev–Trinajstić information content (AvgIpc) is 2.09. The molecule has 56 valence electrons. The number of carbonyl (C=O) groups excluding carboxylic acids is 1. The number of hydrogen-bond donors (Lipinski definition) is 1. The largest absolute Gasteiger partial charge is 0.489 e. The topological polar surface area (TPSA) is 50.2 Å². The number of benzene rings is 1. The van der Waals surface area contributed by atoms with Crippen molar-refractivity contribution in [3.63, 3.8) is 0 Å². The minimum atomic E-state index is 0.750. The second-order valence-corrected chi connectivity index (χ2v) is 2.03. The van der Waals surface area contributed by atoms with Gasteiger partial charge in [-0.15, -0.1) is 0 Å². The molecule has 2 heterocycles. The van der Waals surface area contributed by atoms with Gasteiger partial charge in [-0.3, -0.25) is 0 Å². The van der Waals surface area contributed by atoms with Gasteiger partial charge in [-0.2, -0.15) is 0 Å². The minimum absolute atomic E-state index is 0.750. The summed E-state index contributed by atoms with van der Waals surface area (Å²) in [6.07, 6.45) is 0.750. The molecule has 3 rings (SSSR count). The smallest absolute Gasteiger partial charge is 0.231 e. The molecule has 0 atom stereocenters. The highest BCUT2D eigenvalue weighted by molar-refractivity contribution is 5.30. The molecule has 3 heteroatoms. The van der Waals surface area contributed by atoms with E-state index in [2.05, 4.69) is 12.1 Å². The van der Waals surface area contributed by atoms with Gasteiger partial charge in [-0.1, -0.05) is 12.1 Å². The Morgan fingerprint density at radius 1 is 1.36 bits per heavy atom. The lowest BCUT2D eigenvalue weighted by atomic mass is 10.2. The van der Waals surface area contributed by atoms with Crippen LogP contribution >= 0.6 is 0 Å². The van der Waals surface area contributed by atoms with Crippen LogP contribution in [0.5, 0.6) is 5.75 Å². The van der Waals surface area contributed by atoms with Crippen LogP contribution in [0.3, 0.4) is 0 Å². The molecule has 1 aromatic rings. The van der Waals surface area contributed by atoms with Gasteiger partial charge in [0.2, 0.25) is 6.08 Å². The van der Waals surface area contributed by atoms with E-state index in [0.717, 1.165) is 18.4 Å². The van der Waals surface area contributed by atoms with Crippen LogP contribution in [0.15, 0.2) is 24.3 Å². The molecule has 0 radical (unpaired) electrons. The molecule has 0 amide bonds. The average molecular weight is 149 g/mol. The van der Waals surface area contributed by atoms with Crippen molar-refractivity contribution in [1.29, 1.82) is 5.41 Å². The molecule has 0 saturated carbocycles. The van der Waals surface area contributed by atoms with Crippen LogP contribution in [-0.4, -0.2) is 6.08 Å². The first-order valence-corrected chi connectivity index (χ1v) is 3.12. The van der Waals surface area contributed by atoms with Crippen LogP contribution in [0.2, 0.25) is 0 Å². The second kappa shape index (κ2) is 3.54. The fraction of sp³-hybridized carbons (Fsp3) is 0.125. The van der Waals surface area contributed by atoms with E-state index in [1.165, 1.54) is 5.56 Å². The Balaban J connectivity index is 0.000000179. The SMILES string of the molecule is N=C=O.c1cc2ccc1CO2. The molecule has 0 aliphatic carbocycles. The van der Waals surface area contributed by atoms with E-state index >= 15 is 0 Å². The lowest BCUT2D eigenvalue weighted by Crippen LogP contribution is -2.00. The predicted molar refractivity (Wildman–Crippen MR) is 39.2 cm³/mol. The zero-order valence-electron chi connectivity index (χ0n) is 5.83. The predicted octanol–water partition coefficient (Wildman–Crippen LogP) is 1.48. The number of nitrogens with one attached hydrogen (secondary N) is 1. The molecule has 0 spiro atoms. The summed E-state index contributed by atoms with van der Waals surface area (Å²) in [5.41, 5.74) is 1.26. The number of ether oxygens (including phenoxy) is 1. The molecule has 1 aromatic carbocycles. The molecular formula is C8H7NO2. The van der Waals surface area contributed by atoms with Gasteiger partial charge in [0.25, 0.3) is 0 Å². The molecule has 1 N–H and O–H groups in total. The molecule has 0 fully saturated rings. The zero-order valence-corrected chi connectivity index (χ0v) is 5.83. The number of isocyanates is 1. The van der Waals surface area contributed by atoms with E-state index in [0.29, 0.717) is 0 Å². The first kappa shape index (κ1) is 7.51. The third-order valence-corrected chi connectivity index (χ3v) is 1.33. The highest BCUT2D eigenvalue weighted by atomic mass is 16.5. The van der Waals surface area contributed by atoms with Gasteiger partial charge in [0.1, 0.15) is 12.4 Å². The molecule has 2 bridgehead atoms. The standard InChI is InChI=1S/C7H6O.CHNO/c1-3-7-4-2-6(1)5-8-7;2-1-3/h1-4H,5H2;2H. The molecule has 0 unspecified atom stereocenters. The summed E-state index contributed by atoms with van der Waals surface area (Å²) in [7, 11) is 0. The molecule has 0 aromatic heterocycles. The van der Waals surface area contributed by atoms with E-state index in [9.17, 15) is 0 Å². The molecule has 0 saturated heterocycles. The maximum Gasteiger partial charge on any atom is 0.231 e. The monoisotopic (exact) mass is 149 g/mol. The maximum atomic E-state index is 8.35. The highest BCUT2D eigenvalue weighted by Crippen LogP contribution is 2.19. The van der Waals surface area contributed by atoms with Gasteiger partial charge in [-0.25, -0.2) is 10.2 Å². The van der Waals surface area contributed by atoms with Crippen molar-refractivity contribution < 1.29 is 9.53 Å². The molecule has 2 aliphatic rings. The van der Waals surface area contributed by atoms with Gasteiger partial charge in [0.15, 0.2) is 0 Å². The van der Waals surface area contributed by atoms with Crippen molar-refractivity contribution in [1.82, 2.24) is 0 Å². The Morgan fingerprint density at radius 2 is 1.91 bits per heavy atom. The Morgan fingerprint density at radius 3 is 2.00 bits per heavy atom. The second-order valence-electron chi connectivity index (χ2n) is 2.03. The summed E-state index contributed by atoms with van der Waals surface area (Å²) in [6.45, 7) is 0.766. The van der Waals surface area contributed by atoms with Crippen molar-refractivity contribution in [2.24, 2.45) is 0 Å². The summed E-state index contributed by atoms with van der Waals surface area (Å²) in [5, 5.41) is 5.40. The van der Waals surface area contributed by atoms with E-state index in [4.69, 9.17) is 14.9 Å². The summed E-state index contributed by atoms with van der Waals surface area (Å²) >= 11 is 0. The lowest BCUT2D eigenvalue weighted by Gasteiger charge is -2.11. The Labute approximate surface area is 64.1 Å². The van der Waals surface area contributed by atoms with E-state index in [1.54, 1.807) is 0 Å². The van der Waals surface area contributed by atoms with Crippen LogP contribution < -0.4 is 4.74 Å². The summed E-state index contributed by atoms with van der Waals surface area (Å²) in [5.74, 6) is 0.986. The first-order chi connectivity index (χ1) is 5.36. The van der Waals surface area contributed by atoms with Crippen molar-refractivity contribution in [2.75, 3.05) is 0 Å². The minimum Gasteiger partial charge on any atom is -0.489 e. The van der Waals surface area contributed by atoms with Crippen molar-refractivity contribution >= 4 is 6.08 Å². The van der Waals surface area contributed by atoms with Crippen LogP contribution in [0.25, 0.3) is 0 Å². The van der Waals surface area contributed by atoms with Gasteiger partial charge in [-0.05, 0) is 17.7 Å². The van der Waals surface area contributed by atoms with Gasteiger partial charge < -0.3 is 4.74 Å². The van der Waals surface area contributed by atoms with E-state index < -0.39 is 0 Å². The highest BCUT2D eigenvalue weighted by Gasteiger charge is 2.01. The van der Waals surface area contributed by atoms with Gasteiger partial charge in [0, 0.05) is 0 Å². The fourth-order valence-corrected chi connectivity index (χ4v) is 0.849. The first-order valence-electron chi connectivity index (χ1n) is 3.12. The van der Waals surface area contributed by atoms with Gasteiger partial charge in [0.05, 0.1) is 0 Å². The van der Waals surface area contributed by atoms with Crippen LogP contribution in [-0.2, 0) is 11.4 Å². The van der Waals surface area contributed by atoms with Crippen LogP contribution in [0.4, 0.5) is 0 Å². The van der Waals surface area contributed by atoms with Crippen molar-refractivity contribution in [3.8, 4) is 5.75 Å². The van der Waals surface area contributed by atoms with Crippen LogP contribution in [0.1, 0.15) is 5.56 Å². The Hall–Kier alpha value is -1.60. The Bertz CT molecular complexity index is 237. The van der Waals surface area contributed by atoms with E-state index in [1.807, 2.05) is 12.1 Å². The lowest BCUT2D eigenvalue weighted by molar-refractivity contribution is 0.295. The molecule has 2 aliphatic heterocycles. The molecule has 11 heavy (non-hydrogen) atoms. The maximum absolute atomic E-state index is 8.35. The quantitative estimate of drug-likeness (QED) is 0.448. The fourth-order valence-electron chi connectivity index (χ4n) is 0.849. The van der Waals surface area contributed by atoms with Crippen molar-refractivity contribution in [3.05, 3.63) is 29.8 Å². The Kier molecular flexibility index (Phi) is 2.42. The normalized spacial score (nSPS) is 10.5. The third-order valence-electron chi connectivity index (χ3n) is 1.33. The summed E-state index contributed by atoms with van der Waals surface area (Å²) in [6, 6.07) is 8.13. The molecular weight excluding hydrogens is 142 g/mol. The summed E-state index contributed by atoms with van der Waals surface area (Å²) < 4.78 is 5.18. The number of rotatable bonds is 0. The summed E-state index contributed by atoms with van der Waals surface area (Å²) in [4.78, 5) is 8.35. The third kappa shape index (κ3) is 1.92.